The standard InChI is InChI=1S/C16H24O.C8H10/c1-3-12(2)15-11-14(9-10-16(15)17)13-7-5-4-6-8-13;1-2-8-6-4-3-5-7-8/h9-13,17H,3-8H2,1-2H3;3-7H,2H2,1H3. The van der Waals surface area contributed by atoms with E-state index in [1.165, 1.54) is 43.2 Å². The van der Waals surface area contributed by atoms with Crippen molar-refractivity contribution in [1.29, 1.82) is 0 Å². The van der Waals surface area contributed by atoms with Gasteiger partial charge in [0, 0.05) is 0 Å². The molecule has 0 saturated heterocycles. The van der Waals surface area contributed by atoms with Crippen LogP contribution in [0.3, 0.4) is 0 Å². The number of hydrogen-bond acceptors (Lipinski definition) is 1. The quantitative estimate of drug-likeness (QED) is 0.624. The number of phenols is 1. The molecule has 1 aliphatic carbocycles. The Balaban J connectivity index is 0.000000236. The summed E-state index contributed by atoms with van der Waals surface area (Å²) in [5.41, 5.74) is 3.99. The highest BCUT2D eigenvalue weighted by Crippen LogP contribution is 2.36. The Morgan fingerprint density at radius 1 is 0.960 bits per heavy atom. The van der Waals surface area contributed by atoms with Gasteiger partial charge in [-0.1, -0.05) is 82.5 Å². The summed E-state index contributed by atoms with van der Waals surface area (Å²) in [6, 6.07) is 16.7. The summed E-state index contributed by atoms with van der Waals surface area (Å²) in [5, 5.41) is 9.93. The van der Waals surface area contributed by atoms with Crippen LogP contribution in [-0.4, -0.2) is 5.11 Å². The van der Waals surface area contributed by atoms with E-state index in [-0.39, 0.29) is 0 Å². The van der Waals surface area contributed by atoms with E-state index in [0.29, 0.717) is 11.7 Å². The van der Waals surface area contributed by atoms with Gasteiger partial charge in [-0.25, -0.2) is 0 Å². The maximum absolute atomic E-state index is 9.93. The van der Waals surface area contributed by atoms with Crippen LogP contribution in [0.1, 0.15) is 87.8 Å². The summed E-state index contributed by atoms with van der Waals surface area (Å²) in [6.45, 7) is 6.53. The van der Waals surface area contributed by atoms with Gasteiger partial charge >= 0.3 is 0 Å². The zero-order valence-electron chi connectivity index (χ0n) is 16.2. The minimum Gasteiger partial charge on any atom is -0.508 e. The maximum atomic E-state index is 9.93. The van der Waals surface area contributed by atoms with Gasteiger partial charge in [-0.2, -0.15) is 0 Å². The Morgan fingerprint density at radius 3 is 2.20 bits per heavy atom. The number of benzene rings is 2. The van der Waals surface area contributed by atoms with E-state index < -0.39 is 0 Å². The molecule has 1 N–H and O–H groups in total. The van der Waals surface area contributed by atoms with Crippen LogP contribution in [0.25, 0.3) is 0 Å². The topological polar surface area (TPSA) is 20.2 Å². The Hall–Kier alpha value is -1.76. The molecule has 0 amide bonds. The summed E-state index contributed by atoms with van der Waals surface area (Å²) in [7, 11) is 0. The Labute approximate surface area is 154 Å². The van der Waals surface area contributed by atoms with Gasteiger partial charge in [-0.05, 0) is 60.3 Å². The van der Waals surface area contributed by atoms with Crippen molar-refractivity contribution in [3.63, 3.8) is 0 Å². The average molecular weight is 339 g/mol. The molecule has 25 heavy (non-hydrogen) atoms. The van der Waals surface area contributed by atoms with Crippen LogP contribution in [-0.2, 0) is 6.42 Å². The predicted octanol–water partition coefficient (Wildman–Crippen LogP) is 7.20. The second-order valence-electron chi connectivity index (χ2n) is 7.30. The zero-order valence-corrected chi connectivity index (χ0v) is 16.2. The highest BCUT2D eigenvalue weighted by Gasteiger charge is 2.17. The van der Waals surface area contributed by atoms with Gasteiger partial charge in [0.25, 0.3) is 0 Å². The Morgan fingerprint density at radius 2 is 1.64 bits per heavy atom. The van der Waals surface area contributed by atoms with Crippen molar-refractivity contribution in [1.82, 2.24) is 0 Å². The van der Waals surface area contributed by atoms with E-state index in [4.69, 9.17) is 0 Å². The lowest BCUT2D eigenvalue weighted by Crippen LogP contribution is -2.05. The minimum absolute atomic E-state index is 0.457. The molecule has 0 aromatic heterocycles. The largest absolute Gasteiger partial charge is 0.508 e. The van der Waals surface area contributed by atoms with Crippen LogP contribution >= 0.6 is 0 Å². The molecule has 0 bridgehead atoms. The lowest BCUT2D eigenvalue weighted by Gasteiger charge is -2.23. The van der Waals surface area contributed by atoms with Crippen molar-refractivity contribution >= 4 is 0 Å². The highest BCUT2D eigenvalue weighted by atomic mass is 16.3. The van der Waals surface area contributed by atoms with Gasteiger partial charge in [-0.15, -0.1) is 0 Å². The highest BCUT2D eigenvalue weighted by molar-refractivity contribution is 5.39. The zero-order chi connectivity index (χ0) is 18.1. The van der Waals surface area contributed by atoms with E-state index in [2.05, 4.69) is 57.2 Å². The Kier molecular flexibility index (Phi) is 8.04. The molecule has 1 nitrogen and oxygen atoms in total. The van der Waals surface area contributed by atoms with Crippen LogP contribution in [0.4, 0.5) is 0 Å². The maximum Gasteiger partial charge on any atom is 0.119 e. The first-order valence-corrected chi connectivity index (χ1v) is 10.0. The minimum atomic E-state index is 0.457. The van der Waals surface area contributed by atoms with Crippen molar-refractivity contribution in [3.8, 4) is 5.75 Å². The van der Waals surface area contributed by atoms with Gasteiger partial charge in [0.05, 0.1) is 0 Å². The van der Waals surface area contributed by atoms with Gasteiger partial charge in [-0.3, -0.25) is 0 Å². The number of aryl methyl sites for hydroxylation is 1. The monoisotopic (exact) mass is 338 g/mol. The van der Waals surface area contributed by atoms with Gasteiger partial charge in [0.2, 0.25) is 0 Å². The normalized spacial score (nSPS) is 16.0. The first-order valence-electron chi connectivity index (χ1n) is 10.0. The van der Waals surface area contributed by atoms with Gasteiger partial charge in [0.1, 0.15) is 5.75 Å². The van der Waals surface area contributed by atoms with E-state index >= 15 is 0 Å². The molecule has 0 radical (unpaired) electrons. The fourth-order valence-corrected chi connectivity index (χ4v) is 3.59. The third-order valence-corrected chi connectivity index (χ3v) is 5.52. The molecule has 0 aliphatic heterocycles. The summed E-state index contributed by atoms with van der Waals surface area (Å²) < 4.78 is 0. The van der Waals surface area contributed by atoms with Crippen LogP contribution in [0.5, 0.6) is 5.75 Å². The molecule has 1 heteroatoms. The summed E-state index contributed by atoms with van der Waals surface area (Å²) in [6.07, 6.45) is 9.00. The molecule has 0 heterocycles. The number of rotatable bonds is 4. The van der Waals surface area contributed by atoms with Gasteiger partial charge < -0.3 is 5.11 Å². The van der Waals surface area contributed by atoms with Crippen molar-refractivity contribution in [3.05, 3.63) is 65.2 Å². The molecule has 136 valence electrons. The summed E-state index contributed by atoms with van der Waals surface area (Å²) in [5.74, 6) is 1.66. The third-order valence-electron chi connectivity index (χ3n) is 5.52. The molecular formula is C24H34O. The molecule has 0 spiro atoms. The smallest absolute Gasteiger partial charge is 0.119 e. The Bertz CT molecular complexity index is 611. The van der Waals surface area contributed by atoms with Gasteiger partial charge in [0.15, 0.2) is 0 Å². The van der Waals surface area contributed by atoms with Crippen molar-refractivity contribution in [2.24, 2.45) is 0 Å². The van der Waals surface area contributed by atoms with Crippen LogP contribution in [0.15, 0.2) is 48.5 Å². The molecule has 1 aliphatic rings. The third kappa shape index (κ3) is 5.92. The molecule has 1 fully saturated rings. The predicted molar refractivity (Wildman–Crippen MR) is 108 cm³/mol. The summed E-state index contributed by atoms with van der Waals surface area (Å²) >= 11 is 0. The van der Waals surface area contributed by atoms with Crippen molar-refractivity contribution in [2.75, 3.05) is 0 Å². The fraction of sp³-hybridized carbons (Fsp3) is 0.500. The van der Waals surface area contributed by atoms with Crippen molar-refractivity contribution in [2.45, 2.75) is 77.6 Å². The molecule has 2 aromatic carbocycles. The molecule has 3 rings (SSSR count). The van der Waals surface area contributed by atoms with E-state index in [0.717, 1.165) is 24.3 Å². The lowest BCUT2D eigenvalue weighted by molar-refractivity contribution is 0.439. The molecular weight excluding hydrogens is 304 g/mol. The van der Waals surface area contributed by atoms with E-state index in [1.807, 2.05) is 12.1 Å². The molecule has 1 atom stereocenters. The van der Waals surface area contributed by atoms with Crippen LogP contribution in [0.2, 0.25) is 0 Å². The summed E-state index contributed by atoms with van der Waals surface area (Å²) in [4.78, 5) is 0. The van der Waals surface area contributed by atoms with Crippen molar-refractivity contribution < 1.29 is 5.11 Å². The van der Waals surface area contributed by atoms with E-state index in [9.17, 15) is 5.11 Å². The first-order chi connectivity index (χ1) is 12.2. The van der Waals surface area contributed by atoms with Crippen LogP contribution in [0, 0.1) is 0 Å². The number of phenolic OH excluding ortho intramolecular Hbond substituents is 1. The fourth-order valence-electron chi connectivity index (χ4n) is 3.59. The lowest BCUT2D eigenvalue weighted by atomic mass is 9.82. The molecule has 2 aromatic rings. The second-order valence-corrected chi connectivity index (χ2v) is 7.30. The first kappa shape index (κ1) is 19.6. The van der Waals surface area contributed by atoms with E-state index in [1.54, 1.807) is 0 Å². The SMILES string of the molecule is CCC(C)c1cc(C2CCCCC2)ccc1O.CCc1ccccc1. The number of hydrogen-bond donors (Lipinski definition) is 1. The number of aromatic hydroxyl groups is 1. The molecule has 1 saturated carbocycles. The van der Waals surface area contributed by atoms with Crippen LogP contribution < -0.4 is 0 Å². The average Bonchev–Trinajstić information content (AvgIpc) is 2.69. The molecule has 1 unspecified atom stereocenters. The second kappa shape index (κ2) is 10.3.